The minimum absolute atomic E-state index is 0. The van der Waals surface area contributed by atoms with Crippen molar-refractivity contribution < 1.29 is 14.3 Å². The molecule has 2 heterocycles. The van der Waals surface area contributed by atoms with Crippen molar-refractivity contribution in [3.63, 3.8) is 0 Å². The zero-order valence-electron chi connectivity index (χ0n) is 13.2. The van der Waals surface area contributed by atoms with Gasteiger partial charge in [-0.3, -0.25) is 14.5 Å². The van der Waals surface area contributed by atoms with Crippen molar-refractivity contribution in [1.29, 1.82) is 0 Å². The number of halogens is 2. The molecule has 7 nitrogen and oxygen atoms in total. The maximum Gasteiger partial charge on any atom is 0.253 e. The summed E-state index contributed by atoms with van der Waals surface area (Å²) in [6.45, 7) is 9.12. The van der Waals surface area contributed by atoms with Crippen LogP contribution >= 0.6 is 24.8 Å². The van der Waals surface area contributed by atoms with Gasteiger partial charge in [-0.15, -0.1) is 31.4 Å². The number of morpholine rings is 1. The first kappa shape index (κ1) is 22.1. The molecule has 0 saturated carbocycles. The van der Waals surface area contributed by atoms with E-state index < -0.39 is 0 Å². The van der Waals surface area contributed by atoms with Crippen LogP contribution in [0.3, 0.4) is 0 Å². The number of hydrogen-bond donors (Lipinski definition) is 2. The van der Waals surface area contributed by atoms with E-state index in [2.05, 4.69) is 22.1 Å². The Kier molecular flexibility index (Phi) is 11.2. The Balaban J connectivity index is 0.00000242. The predicted octanol–water partition coefficient (Wildman–Crippen LogP) is -0.735. The minimum atomic E-state index is -0.360. The Morgan fingerprint density at radius 2 is 1.96 bits per heavy atom. The van der Waals surface area contributed by atoms with Crippen molar-refractivity contribution in [3.05, 3.63) is 12.7 Å². The molecule has 2 fully saturated rings. The highest BCUT2D eigenvalue weighted by molar-refractivity contribution is 5.85. The molecule has 2 aliphatic rings. The second-order valence-corrected chi connectivity index (χ2v) is 5.26. The number of ether oxygens (including phenoxy) is 1. The Morgan fingerprint density at radius 3 is 2.52 bits per heavy atom. The van der Waals surface area contributed by atoms with Gasteiger partial charge in [-0.25, -0.2) is 0 Å². The second-order valence-electron chi connectivity index (χ2n) is 5.26. The van der Waals surface area contributed by atoms with Gasteiger partial charge in [0, 0.05) is 45.8 Å². The first-order valence-electron chi connectivity index (χ1n) is 7.42. The van der Waals surface area contributed by atoms with Gasteiger partial charge < -0.3 is 20.3 Å². The van der Waals surface area contributed by atoms with Crippen molar-refractivity contribution >= 4 is 36.6 Å². The summed E-state index contributed by atoms with van der Waals surface area (Å²) in [7, 11) is 0. The molecule has 2 amide bonds. The standard InChI is InChI=1S/C14H24N4O3.2ClH/c1-2-3-16-13(19)11-17-5-7-18(8-6-17)14(20)12-10-15-4-9-21-12;;/h2,12,15H,1,3-11H2,(H,16,19);2*1H. The van der Waals surface area contributed by atoms with E-state index >= 15 is 0 Å². The van der Waals surface area contributed by atoms with Crippen LogP contribution in [-0.4, -0.2) is 86.7 Å². The molecular formula is C14H26Cl2N4O3. The van der Waals surface area contributed by atoms with Crippen LogP contribution in [0.5, 0.6) is 0 Å². The average Bonchev–Trinajstić information content (AvgIpc) is 2.54. The van der Waals surface area contributed by atoms with Gasteiger partial charge in [-0.05, 0) is 0 Å². The Labute approximate surface area is 149 Å². The summed E-state index contributed by atoms with van der Waals surface area (Å²) in [5.74, 6) is 0.0486. The van der Waals surface area contributed by atoms with Gasteiger partial charge >= 0.3 is 0 Å². The molecular weight excluding hydrogens is 343 g/mol. The van der Waals surface area contributed by atoms with Crippen molar-refractivity contribution in [1.82, 2.24) is 20.4 Å². The number of rotatable bonds is 5. The molecule has 2 aliphatic heterocycles. The fraction of sp³-hybridized carbons (Fsp3) is 0.714. The lowest BCUT2D eigenvalue weighted by Crippen LogP contribution is -2.56. The highest BCUT2D eigenvalue weighted by atomic mass is 35.5. The fourth-order valence-electron chi connectivity index (χ4n) is 2.50. The molecule has 0 aromatic heterocycles. The van der Waals surface area contributed by atoms with E-state index in [4.69, 9.17) is 4.74 Å². The van der Waals surface area contributed by atoms with Gasteiger partial charge in [0.2, 0.25) is 5.91 Å². The molecule has 1 atom stereocenters. The molecule has 1 unspecified atom stereocenters. The van der Waals surface area contributed by atoms with Crippen LogP contribution in [0.15, 0.2) is 12.7 Å². The third-order valence-electron chi connectivity index (χ3n) is 3.70. The zero-order chi connectivity index (χ0) is 15.1. The van der Waals surface area contributed by atoms with Crippen LogP contribution in [0.25, 0.3) is 0 Å². The van der Waals surface area contributed by atoms with Crippen molar-refractivity contribution in [2.45, 2.75) is 6.10 Å². The molecule has 0 aliphatic carbocycles. The van der Waals surface area contributed by atoms with E-state index in [1.807, 2.05) is 4.90 Å². The van der Waals surface area contributed by atoms with Gasteiger partial charge in [-0.1, -0.05) is 6.08 Å². The molecule has 2 rings (SSSR count). The minimum Gasteiger partial charge on any atom is -0.366 e. The third-order valence-corrected chi connectivity index (χ3v) is 3.70. The summed E-state index contributed by atoms with van der Waals surface area (Å²) in [6.07, 6.45) is 1.30. The molecule has 0 aromatic rings. The second kappa shape index (κ2) is 11.6. The van der Waals surface area contributed by atoms with Crippen LogP contribution < -0.4 is 10.6 Å². The third kappa shape index (κ3) is 7.05. The molecule has 23 heavy (non-hydrogen) atoms. The summed E-state index contributed by atoms with van der Waals surface area (Å²) in [5.41, 5.74) is 0. The highest BCUT2D eigenvalue weighted by Gasteiger charge is 2.29. The summed E-state index contributed by atoms with van der Waals surface area (Å²) < 4.78 is 5.49. The van der Waals surface area contributed by atoms with Crippen molar-refractivity contribution in [2.24, 2.45) is 0 Å². The van der Waals surface area contributed by atoms with E-state index in [9.17, 15) is 9.59 Å². The fourth-order valence-corrected chi connectivity index (χ4v) is 2.50. The molecule has 0 radical (unpaired) electrons. The van der Waals surface area contributed by atoms with E-state index in [0.29, 0.717) is 52.4 Å². The smallest absolute Gasteiger partial charge is 0.253 e. The first-order valence-corrected chi connectivity index (χ1v) is 7.42. The van der Waals surface area contributed by atoms with Crippen molar-refractivity contribution in [3.8, 4) is 0 Å². The Bertz CT molecular complexity index is 384. The van der Waals surface area contributed by atoms with Crippen molar-refractivity contribution in [2.75, 3.05) is 59.0 Å². The zero-order valence-corrected chi connectivity index (χ0v) is 14.8. The number of amides is 2. The van der Waals surface area contributed by atoms with E-state index in [-0.39, 0.29) is 42.7 Å². The molecule has 0 aromatic carbocycles. The number of carbonyl (C=O) groups is 2. The van der Waals surface area contributed by atoms with Gasteiger partial charge in [0.25, 0.3) is 5.91 Å². The summed E-state index contributed by atoms with van der Waals surface area (Å²) in [4.78, 5) is 27.8. The van der Waals surface area contributed by atoms with E-state index in [1.54, 1.807) is 6.08 Å². The number of nitrogens with zero attached hydrogens (tertiary/aromatic N) is 2. The van der Waals surface area contributed by atoms with Gasteiger partial charge in [0.1, 0.15) is 6.10 Å². The molecule has 134 valence electrons. The largest absolute Gasteiger partial charge is 0.366 e. The van der Waals surface area contributed by atoms with Crippen LogP contribution in [0.1, 0.15) is 0 Å². The molecule has 0 bridgehead atoms. The average molecular weight is 369 g/mol. The predicted molar refractivity (Wildman–Crippen MR) is 93.3 cm³/mol. The quantitative estimate of drug-likeness (QED) is 0.625. The van der Waals surface area contributed by atoms with Gasteiger partial charge in [-0.2, -0.15) is 0 Å². The van der Waals surface area contributed by atoms with Crippen LogP contribution in [0.2, 0.25) is 0 Å². The topological polar surface area (TPSA) is 73.9 Å². The van der Waals surface area contributed by atoms with Crippen LogP contribution in [0, 0.1) is 0 Å². The molecule has 9 heteroatoms. The van der Waals surface area contributed by atoms with Crippen LogP contribution in [-0.2, 0) is 14.3 Å². The normalized spacial score (nSPS) is 21.6. The molecule has 2 saturated heterocycles. The summed E-state index contributed by atoms with van der Waals surface area (Å²) in [5, 5.41) is 5.92. The van der Waals surface area contributed by atoms with E-state index in [0.717, 1.165) is 6.54 Å². The van der Waals surface area contributed by atoms with Crippen LogP contribution in [0.4, 0.5) is 0 Å². The van der Waals surface area contributed by atoms with Gasteiger partial charge in [0.15, 0.2) is 0 Å². The number of carbonyl (C=O) groups excluding carboxylic acids is 2. The maximum atomic E-state index is 12.3. The highest BCUT2D eigenvalue weighted by Crippen LogP contribution is 2.07. The van der Waals surface area contributed by atoms with Gasteiger partial charge in [0.05, 0.1) is 13.2 Å². The SMILES string of the molecule is C=CCNC(=O)CN1CCN(C(=O)C2CNCCO2)CC1.Cl.Cl. The molecule has 2 N–H and O–H groups in total. The Hall–Kier alpha value is -0.860. The van der Waals surface area contributed by atoms with E-state index in [1.165, 1.54) is 0 Å². The number of piperazine rings is 1. The monoisotopic (exact) mass is 368 g/mol. The maximum absolute atomic E-state index is 12.3. The Morgan fingerprint density at radius 1 is 1.26 bits per heavy atom. The lowest BCUT2D eigenvalue weighted by Gasteiger charge is -2.36. The lowest BCUT2D eigenvalue weighted by molar-refractivity contribution is -0.147. The summed E-state index contributed by atoms with van der Waals surface area (Å²) >= 11 is 0. The lowest BCUT2D eigenvalue weighted by atomic mass is 10.2. The first-order chi connectivity index (χ1) is 10.2. The number of hydrogen-bond acceptors (Lipinski definition) is 5. The molecule has 0 spiro atoms. The summed E-state index contributed by atoms with van der Waals surface area (Å²) in [6, 6.07) is 0. The number of nitrogens with one attached hydrogen (secondary N) is 2.